The first-order valence-electron chi connectivity index (χ1n) is 10.5. The molecule has 3 aromatic heterocycles. The van der Waals surface area contributed by atoms with Gasteiger partial charge in [-0.15, -0.1) is 0 Å². The van der Waals surface area contributed by atoms with E-state index in [1.54, 1.807) is 25.1 Å². The van der Waals surface area contributed by atoms with E-state index < -0.39 is 17.3 Å². The average molecular weight is 528 g/mol. The predicted octanol–water partition coefficient (Wildman–Crippen LogP) is 4.07. The Labute approximate surface area is 212 Å². The first-order chi connectivity index (χ1) is 17.3. The molecule has 0 fully saturated rings. The highest BCUT2D eigenvalue weighted by Crippen LogP contribution is 2.27. The summed E-state index contributed by atoms with van der Waals surface area (Å²) in [6.45, 7) is 1.38. The normalized spacial score (nSPS) is 11.1. The number of hydrogen-bond donors (Lipinski definition) is 2. The van der Waals surface area contributed by atoms with Crippen molar-refractivity contribution in [3.05, 3.63) is 86.6 Å². The van der Waals surface area contributed by atoms with Gasteiger partial charge in [0.1, 0.15) is 22.8 Å². The molecule has 1 amide bonds. The van der Waals surface area contributed by atoms with Crippen molar-refractivity contribution in [1.29, 1.82) is 0 Å². The maximum absolute atomic E-state index is 13.4. The summed E-state index contributed by atoms with van der Waals surface area (Å²) in [5.74, 6) is -0.315. The largest absolute Gasteiger partial charge is 0.482 e. The molecule has 2 aromatic carbocycles. The number of aromatic nitrogens is 6. The molecule has 0 aliphatic heterocycles. The molecule has 0 aliphatic carbocycles. The van der Waals surface area contributed by atoms with Crippen LogP contribution in [0.2, 0.25) is 10.0 Å². The number of nitrogens with zero attached hydrogens (tertiary/aromatic N) is 5. The number of rotatable bonds is 6. The molecule has 36 heavy (non-hydrogen) atoms. The van der Waals surface area contributed by atoms with Crippen molar-refractivity contribution in [2.24, 2.45) is 0 Å². The Bertz CT molecular complexity index is 1660. The van der Waals surface area contributed by atoms with E-state index in [0.717, 1.165) is 0 Å². The van der Waals surface area contributed by atoms with E-state index in [1.165, 1.54) is 45.9 Å². The van der Waals surface area contributed by atoms with Gasteiger partial charge in [0.25, 0.3) is 11.5 Å². The molecule has 0 saturated heterocycles. The first-order valence-corrected chi connectivity index (χ1v) is 11.2. The van der Waals surface area contributed by atoms with Gasteiger partial charge >= 0.3 is 0 Å². The van der Waals surface area contributed by atoms with Gasteiger partial charge in [-0.2, -0.15) is 19.9 Å². The maximum atomic E-state index is 13.4. The highest BCUT2D eigenvalue weighted by atomic mass is 35.5. The number of carbonyl (C=O) groups excluding carboxylic acids is 1. The second-order valence-corrected chi connectivity index (χ2v) is 8.50. The molecule has 10 nitrogen and oxygen atoms in total. The number of H-pyrrole nitrogens is 1. The Morgan fingerprint density at radius 3 is 2.67 bits per heavy atom. The number of carbonyl (C=O) groups is 1. The van der Waals surface area contributed by atoms with Crippen LogP contribution in [0.3, 0.4) is 0 Å². The van der Waals surface area contributed by atoms with Crippen molar-refractivity contribution in [2.45, 2.75) is 6.92 Å². The van der Waals surface area contributed by atoms with Crippen LogP contribution in [0.25, 0.3) is 22.7 Å². The van der Waals surface area contributed by atoms with Gasteiger partial charge in [0.2, 0.25) is 5.95 Å². The zero-order valence-electron chi connectivity index (χ0n) is 18.5. The van der Waals surface area contributed by atoms with Crippen molar-refractivity contribution < 1.29 is 13.9 Å². The van der Waals surface area contributed by atoms with Crippen LogP contribution in [0.5, 0.6) is 5.75 Å². The molecular weight excluding hydrogens is 512 g/mol. The minimum Gasteiger partial charge on any atom is -0.482 e. The minimum atomic E-state index is -0.498. The lowest BCUT2D eigenvalue weighted by atomic mass is 10.3. The number of benzene rings is 2. The Hall–Kier alpha value is -4.22. The Kier molecular flexibility index (Phi) is 6.17. The number of aryl methyl sites for hydroxylation is 1. The highest BCUT2D eigenvalue weighted by molar-refractivity contribution is 6.35. The molecule has 182 valence electrons. The van der Waals surface area contributed by atoms with Gasteiger partial charge in [0.05, 0.1) is 22.6 Å². The van der Waals surface area contributed by atoms with Gasteiger partial charge in [0.15, 0.2) is 12.3 Å². The van der Waals surface area contributed by atoms with E-state index >= 15 is 0 Å². The molecule has 5 rings (SSSR count). The van der Waals surface area contributed by atoms with Crippen molar-refractivity contribution in [3.63, 3.8) is 0 Å². The van der Waals surface area contributed by atoms with Gasteiger partial charge in [-0.25, -0.2) is 9.07 Å². The summed E-state index contributed by atoms with van der Waals surface area (Å²) in [6.07, 6.45) is 1.37. The molecule has 0 bridgehead atoms. The molecule has 5 aromatic rings. The number of anilines is 1. The molecule has 0 aliphatic rings. The molecule has 0 spiro atoms. The fraction of sp³-hybridized carbons (Fsp3) is 0.0870. The summed E-state index contributed by atoms with van der Waals surface area (Å²) in [6, 6.07) is 11.8. The van der Waals surface area contributed by atoms with Crippen LogP contribution in [0, 0.1) is 12.7 Å². The van der Waals surface area contributed by atoms with Gasteiger partial charge < -0.3 is 10.1 Å². The molecule has 0 unspecified atom stereocenters. The summed E-state index contributed by atoms with van der Waals surface area (Å²) < 4.78 is 21.5. The van der Waals surface area contributed by atoms with Gasteiger partial charge in [0, 0.05) is 11.1 Å². The smallest absolute Gasteiger partial charge is 0.263 e. The van der Waals surface area contributed by atoms with Gasteiger partial charge in [-0.3, -0.25) is 14.6 Å². The highest BCUT2D eigenvalue weighted by Gasteiger charge is 2.17. The van der Waals surface area contributed by atoms with E-state index in [-0.39, 0.29) is 34.4 Å². The van der Waals surface area contributed by atoms with Crippen LogP contribution in [0.1, 0.15) is 5.69 Å². The number of fused-ring (bicyclic) bond motifs is 1. The number of halogens is 3. The number of amides is 1. The zero-order chi connectivity index (χ0) is 25.4. The SMILES string of the molecule is Cc1cc(NC(=O)COc2ccc(Cl)cc2Cl)n(-c2nc3c(cnn3-c3ccc(F)cc3)c(=O)[nH]2)n1. The molecule has 0 saturated carbocycles. The monoisotopic (exact) mass is 527 g/mol. The third-order valence-electron chi connectivity index (χ3n) is 5.05. The van der Waals surface area contributed by atoms with Crippen LogP contribution in [-0.2, 0) is 4.79 Å². The summed E-state index contributed by atoms with van der Waals surface area (Å²) in [5.41, 5.74) is 0.835. The third-order valence-corrected chi connectivity index (χ3v) is 5.58. The van der Waals surface area contributed by atoms with E-state index in [4.69, 9.17) is 27.9 Å². The third kappa shape index (κ3) is 4.66. The van der Waals surface area contributed by atoms with E-state index in [2.05, 4.69) is 25.5 Å². The van der Waals surface area contributed by atoms with Crippen LogP contribution >= 0.6 is 23.2 Å². The molecule has 2 N–H and O–H groups in total. The summed E-state index contributed by atoms with van der Waals surface area (Å²) in [7, 11) is 0. The standard InChI is InChI=1S/C23H16Cl2FN7O3/c1-12-8-19(28-20(34)11-36-18-7-2-13(24)9-17(18)25)33(31-12)23-29-21-16(22(35)30-23)10-27-32(21)15-5-3-14(26)4-6-15/h2-10H,11H2,1H3,(H,28,34)(H,29,30,35). The second-order valence-electron chi connectivity index (χ2n) is 7.65. The van der Waals surface area contributed by atoms with Gasteiger partial charge in [-0.05, 0) is 49.4 Å². The topological polar surface area (TPSA) is 120 Å². The lowest BCUT2D eigenvalue weighted by molar-refractivity contribution is -0.118. The molecule has 0 radical (unpaired) electrons. The number of aromatic amines is 1. The van der Waals surface area contributed by atoms with Crippen LogP contribution < -0.4 is 15.6 Å². The Balaban J connectivity index is 1.44. The van der Waals surface area contributed by atoms with Crippen molar-refractivity contribution in [1.82, 2.24) is 29.5 Å². The molecule has 3 heterocycles. The van der Waals surface area contributed by atoms with Crippen molar-refractivity contribution >= 4 is 46.0 Å². The van der Waals surface area contributed by atoms with Crippen molar-refractivity contribution in [2.75, 3.05) is 11.9 Å². The summed E-state index contributed by atoms with van der Waals surface area (Å²) in [5, 5.41) is 12.2. The molecule has 0 atom stereocenters. The zero-order valence-corrected chi connectivity index (χ0v) is 20.0. The summed E-state index contributed by atoms with van der Waals surface area (Å²) >= 11 is 12.0. The number of hydrogen-bond acceptors (Lipinski definition) is 6. The fourth-order valence-electron chi connectivity index (χ4n) is 3.44. The Morgan fingerprint density at radius 1 is 1.14 bits per heavy atom. The molecular formula is C23H16Cl2FN7O3. The summed E-state index contributed by atoms with van der Waals surface area (Å²) in [4.78, 5) is 32.5. The lowest BCUT2D eigenvalue weighted by Gasteiger charge is -2.10. The fourth-order valence-corrected chi connectivity index (χ4v) is 3.91. The average Bonchev–Trinajstić information content (AvgIpc) is 3.42. The van der Waals surface area contributed by atoms with Crippen LogP contribution in [0.15, 0.2) is 59.5 Å². The molecule has 13 heteroatoms. The van der Waals surface area contributed by atoms with Crippen LogP contribution in [-0.4, -0.2) is 42.0 Å². The minimum absolute atomic E-state index is 0.0430. The first kappa shape index (κ1) is 23.5. The quantitative estimate of drug-likeness (QED) is 0.343. The van der Waals surface area contributed by atoms with Crippen LogP contribution in [0.4, 0.5) is 10.2 Å². The maximum Gasteiger partial charge on any atom is 0.263 e. The number of nitrogens with one attached hydrogen (secondary N) is 2. The predicted molar refractivity (Wildman–Crippen MR) is 132 cm³/mol. The van der Waals surface area contributed by atoms with E-state index in [9.17, 15) is 14.0 Å². The van der Waals surface area contributed by atoms with E-state index in [1.807, 2.05) is 0 Å². The number of ether oxygens (including phenoxy) is 1. The Morgan fingerprint density at radius 2 is 1.92 bits per heavy atom. The second kappa shape index (κ2) is 9.44. The van der Waals surface area contributed by atoms with Crippen molar-refractivity contribution in [3.8, 4) is 17.4 Å². The van der Waals surface area contributed by atoms with Gasteiger partial charge in [-0.1, -0.05) is 23.2 Å². The van der Waals surface area contributed by atoms with E-state index in [0.29, 0.717) is 22.2 Å². The lowest BCUT2D eigenvalue weighted by Crippen LogP contribution is -2.23.